The quantitative estimate of drug-likeness (QED) is 0.267. The van der Waals surface area contributed by atoms with Crippen LogP contribution in [-0.4, -0.2) is 53.1 Å². The van der Waals surface area contributed by atoms with Crippen molar-refractivity contribution in [1.82, 2.24) is 5.32 Å². The number of unbranched alkanes of at least 4 members (excludes halogenated alkanes) is 1. The van der Waals surface area contributed by atoms with E-state index in [4.69, 9.17) is 14.9 Å². The molecule has 2 aliphatic rings. The Morgan fingerprint density at radius 2 is 1.70 bits per heavy atom. The average Bonchev–Trinajstić information content (AvgIpc) is 3.49. The molecule has 8 nitrogen and oxygen atoms in total. The van der Waals surface area contributed by atoms with Gasteiger partial charge in [-0.15, -0.1) is 0 Å². The first-order valence-electron chi connectivity index (χ1n) is 13.9. The van der Waals surface area contributed by atoms with Gasteiger partial charge in [-0.3, -0.25) is 14.4 Å². The smallest absolute Gasteiger partial charge is 0.328 e. The number of aliphatic carboxylic acids is 1. The molecule has 0 bridgehead atoms. The zero-order chi connectivity index (χ0) is 27.5. The zero-order valence-electron chi connectivity index (χ0n) is 23.2. The van der Waals surface area contributed by atoms with E-state index >= 15 is 0 Å². The van der Waals surface area contributed by atoms with Crippen LogP contribution in [0, 0.1) is 23.7 Å². The van der Waals surface area contributed by atoms with Crippen LogP contribution >= 0.6 is 0 Å². The maximum absolute atomic E-state index is 11.6. The molecule has 1 heterocycles. The normalized spacial score (nSPS) is 20.7. The number of carbonyl (C=O) groups is 4. The van der Waals surface area contributed by atoms with Crippen LogP contribution in [0.2, 0.25) is 0 Å². The molecule has 1 amide bonds. The van der Waals surface area contributed by atoms with Crippen LogP contribution in [0.25, 0.3) is 0 Å². The molecule has 2 fully saturated rings. The summed E-state index contributed by atoms with van der Waals surface area (Å²) in [5.74, 6) is 0.215. The van der Waals surface area contributed by atoms with Crippen LogP contribution < -0.4 is 5.32 Å². The Balaban J connectivity index is 0. The second-order valence-corrected chi connectivity index (χ2v) is 10.1. The summed E-state index contributed by atoms with van der Waals surface area (Å²) >= 11 is 0. The van der Waals surface area contributed by atoms with Crippen molar-refractivity contribution in [1.29, 1.82) is 0 Å². The molecule has 0 aromatic heterocycles. The maximum Gasteiger partial charge on any atom is 0.328 e. The van der Waals surface area contributed by atoms with Crippen molar-refractivity contribution in [3.63, 3.8) is 0 Å². The fraction of sp³-hybridized carbons (Fsp3) is 0.862. The molecule has 5 unspecified atom stereocenters. The summed E-state index contributed by atoms with van der Waals surface area (Å²) in [7, 11) is 0. The molecule has 0 spiro atoms. The lowest BCUT2D eigenvalue weighted by molar-refractivity contribution is -0.148. The first kappa shape index (κ1) is 37.2. The minimum absolute atomic E-state index is 0. The van der Waals surface area contributed by atoms with Gasteiger partial charge in [0.1, 0.15) is 11.8 Å². The molecule has 3 N–H and O–H groups in total. The van der Waals surface area contributed by atoms with E-state index < -0.39 is 17.9 Å². The fourth-order valence-electron chi connectivity index (χ4n) is 4.42. The first-order chi connectivity index (χ1) is 17.1. The Kier molecular flexibility index (Phi) is 22.2. The molecule has 0 aromatic rings. The molecular formula is C29H55NO7. The highest BCUT2D eigenvalue weighted by atomic mass is 16.5. The van der Waals surface area contributed by atoms with Crippen molar-refractivity contribution in [2.24, 2.45) is 23.7 Å². The number of carboxylic acids is 1. The number of carbonyl (C=O) groups excluding carboxylic acids is 3. The van der Waals surface area contributed by atoms with Crippen LogP contribution in [0.3, 0.4) is 0 Å². The van der Waals surface area contributed by atoms with Crippen molar-refractivity contribution in [2.45, 2.75) is 125 Å². The first-order valence-corrected chi connectivity index (χ1v) is 13.9. The number of hydrogen-bond donors (Lipinski definition) is 3. The van der Waals surface area contributed by atoms with Crippen LogP contribution in [-0.2, 0) is 23.9 Å². The van der Waals surface area contributed by atoms with E-state index in [9.17, 15) is 19.2 Å². The van der Waals surface area contributed by atoms with Gasteiger partial charge in [-0.1, -0.05) is 80.6 Å². The number of ether oxygens (including phenoxy) is 1. The van der Waals surface area contributed by atoms with Gasteiger partial charge in [0.2, 0.25) is 5.91 Å². The summed E-state index contributed by atoms with van der Waals surface area (Å²) in [6, 6.07) is -0.411. The number of amides is 1. The molecule has 0 aromatic carbocycles. The molecule has 0 radical (unpaired) electrons. The van der Waals surface area contributed by atoms with E-state index in [1.54, 1.807) is 0 Å². The number of rotatable bonds is 13. The average molecular weight is 530 g/mol. The van der Waals surface area contributed by atoms with Crippen LogP contribution in [0.5, 0.6) is 0 Å². The lowest BCUT2D eigenvalue weighted by Gasteiger charge is -2.19. The summed E-state index contributed by atoms with van der Waals surface area (Å²) < 4.78 is 5.27. The number of hydrogen-bond acceptors (Lipinski definition) is 6. The minimum Gasteiger partial charge on any atom is -0.481 e. The van der Waals surface area contributed by atoms with E-state index in [0.29, 0.717) is 56.7 Å². The van der Waals surface area contributed by atoms with E-state index in [-0.39, 0.29) is 31.5 Å². The topological polar surface area (TPSA) is 130 Å². The third-order valence-electron chi connectivity index (χ3n) is 7.19. The number of aliphatic hydroxyl groups is 1. The predicted molar refractivity (Wildman–Crippen MR) is 147 cm³/mol. The number of ketones is 1. The SMILES string of the molecule is C.CCCC(C)C(CC)CO.CCCCC(CC)COC(=O)C1CCC(=O)N1.O=C1CCC(C(=O)O)C1. The highest BCUT2D eigenvalue weighted by molar-refractivity contribution is 5.88. The summed E-state index contributed by atoms with van der Waals surface area (Å²) in [6.45, 7) is 11.7. The monoisotopic (exact) mass is 529 g/mol. The minimum atomic E-state index is -0.833. The molecule has 218 valence electrons. The van der Waals surface area contributed by atoms with Gasteiger partial charge in [0.05, 0.1) is 12.5 Å². The van der Waals surface area contributed by atoms with Crippen molar-refractivity contribution in [3.8, 4) is 0 Å². The van der Waals surface area contributed by atoms with Gasteiger partial charge in [-0.25, -0.2) is 4.79 Å². The lowest BCUT2D eigenvalue weighted by Crippen LogP contribution is -2.35. The van der Waals surface area contributed by atoms with Gasteiger partial charge in [-0.05, 0) is 37.0 Å². The van der Waals surface area contributed by atoms with Crippen LogP contribution in [0.15, 0.2) is 0 Å². The Morgan fingerprint density at radius 1 is 1.03 bits per heavy atom. The number of carboxylic acid groups (broad SMARTS) is 1. The summed E-state index contributed by atoms with van der Waals surface area (Å²) in [4.78, 5) is 43.3. The van der Waals surface area contributed by atoms with Gasteiger partial charge in [0, 0.05) is 25.9 Å². The van der Waals surface area contributed by atoms with E-state index in [0.717, 1.165) is 19.3 Å². The van der Waals surface area contributed by atoms with Crippen molar-refractivity contribution in [2.75, 3.05) is 13.2 Å². The van der Waals surface area contributed by atoms with Crippen LogP contribution in [0.1, 0.15) is 119 Å². The van der Waals surface area contributed by atoms with E-state index in [1.807, 2.05) is 0 Å². The lowest BCUT2D eigenvalue weighted by atomic mass is 9.89. The fourth-order valence-corrected chi connectivity index (χ4v) is 4.42. The summed E-state index contributed by atoms with van der Waals surface area (Å²) in [5.41, 5.74) is 0. The van der Waals surface area contributed by atoms with E-state index in [1.165, 1.54) is 25.7 Å². The van der Waals surface area contributed by atoms with Gasteiger partial charge in [-0.2, -0.15) is 0 Å². The number of esters is 1. The van der Waals surface area contributed by atoms with Gasteiger partial charge in [0.15, 0.2) is 0 Å². The summed E-state index contributed by atoms with van der Waals surface area (Å²) in [6.07, 6.45) is 10.3. The largest absolute Gasteiger partial charge is 0.481 e. The van der Waals surface area contributed by atoms with Crippen molar-refractivity contribution in [3.05, 3.63) is 0 Å². The molecule has 2 rings (SSSR count). The molecule has 37 heavy (non-hydrogen) atoms. The van der Waals surface area contributed by atoms with Gasteiger partial charge >= 0.3 is 11.9 Å². The van der Waals surface area contributed by atoms with Crippen molar-refractivity contribution >= 4 is 23.6 Å². The highest BCUT2D eigenvalue weighted by Crippen LogP contribution is 2.21. The molecular weight excluding hydrogens is 474 g/mol. The van der Waals surface area contributed by atoms with E-state index in [2.05, 4.69) is 39.9 Å². The molecule has 1 aliphatic carbocycles. The standard InChI is InChI=1S/C13H23NO3.C9H20O.C6H8O3.CH4/c1-3-5-6-10(4-2)9-17-13(16)11-7-8-12(15)14-11;1-4-6-8(3)9(5-2)7-10;7-5-2-1-4(3-5)6(8)9;/h10-11H,3-9H2,1-2H3,(H,14,15);8-10H,4-7H2,1-3H3;4H,1-3H2,(H,8,9);1H4. The number of aliphatic hydroxyl groups excluding tert-OH is 1. The second-order valence-electron chi connectivity index (χ2n) is 10.1. The van der Waals surface area contributed by atoms with Crippen LogP contribution in [0.4, 0.5) is 0 Å². The predicted octanol–water partition coefficient (Wildman–Crippen LogP) is 5.54. The Labute approximate surface area is 225 Å². The molecule has 1 aliphatic heterocycles. The molecule has 8 heteroatoms. The third kappa shape index (κ3) is 16.5. The van der Waals surface area contributed by atoms with Gasteiger partial charge < -0.3 is 20.3 Å². The van der Waals surface area contributed by atoms with Gasteiger partial charge in [0.25, 0.3) is 0 Å². The Hall–Kier alpha value is -1.96. The van der Waals surface area contributed by atoms with Crippen molar-refractivity contribution < 1.29 is 34.1 Å². The zero-order valence-corrected chi connectivity index (χ0v) is 23.2. The number of Topliss-reactive ketones (excluding diaryl/α,β-unsaturated/α-hetero) is 1. The second kappa shape index (κ2) is 22.1. The third-order valence-corrected chi connectivity index (χ3v) is 7.19. The molecule has 1 saturated heterocycles. The molecule has 1 saturated carbocycles. The highest BCUT2D eigenvalue weighted by Gasteiger charge is 2.29. The maximum atomic E-state index is 11.6. The summed E-state index contributed by atoms with van der Waals surface area (Å²) in [5, 5.41) is 19.9. The number of nitrogens with one attached hydrogen (secondary N) is 1. The molecule has 5 atom stereocenters. The Morgan fingerprint density at radius 3 is 2.08 bits per heavy atom. The Bertz CT molecular complexity index is 648.